The molecule has 0 aliphatic carbocycles. The molecule has 15 heavy (non-hydrogen) atoms. The van der Waals surface area contributed by atoms with Gasteiger partial charge in [0.1, 0.15) is 25.7 Å². The van der Waals surface area contributed by atoms with E-state index in [4.69, 9.17) is 14.2 Å². The summed E-state index contributed by atoms with van der Waals surface area (Å²) in [4.78, 5) is 0. The summed E-state index contributed by atoms with van der Waals surface area (Å²) in [5.74, 6) is 0. The molecule has 1 fully saturated rings. The zero-order chi connectivity index (χ0) is 11.5. The number of hydrogen-bond donors (Lipinski definition) is 1. The van der Waals surface area contributed by atoms with E-state index in [1.807, 2.05) is 14.9 Å². The Hall–Kier alpha value is -0.0951. The van der Waals surface area contributed by atoms with Crippen molar-refractivity contribution < 1.29 is 14.2 Å². The maximum atomic E-state index is 6.03. The minimum Gasteiger partial charge on any atom is -0.377 e. The Morgan fingerprint density at radius 1 is 1.40 bits per heavy atom. The first kappa shape index (κ1) is 13.0. The molecule has 1 saturated heterocycles. The molecule has 1 aliphatic heterocycles. The van der Waals surface area contributed by atoms with Crippen LogP contribution in [0, 0.1) is 0 Å². The van der Waals surface area contributed by atoms with E-state index in [0.717, 1.165) is 13.0 Å². The Morgan fingerprint density at radius 3 is 2.47 bits per heavy atom. The van der Waals surface area contributed by atoms with Crippen LogP contribution in [0.1, 0.15) is 13.3 Å². The van der Waals surface area contributed by atoms with Crippen molar-refractivity contribution in [3.8, 4) is 0 Å². The lowest BCUT2D eigenvalue weighted by Crippen LogP contribution is -2.50. The molecule has 4 atom stereocenters. The summed E-state index contributed by atoms with van der Waals surface area (Å²) in [5.41, 5.74) is -0.260. The molecule has 88 valence electrons. The first-order valence-electron chi connectivity index (χ1n) is 5.53. The second-order valence-corrected chi connectivity index (χ2v) is 4.13. The van der Waals surface area contributed by atoms with Crippen molar-refractivity contribution >= 4 is 7.85 Å². The maximum absolute atomic E-state index is 6.03. The summed E-state index contributed by atoms with van der Waals surface area (Å²) in [6.45, 7) is 2.90. The number of rotatable bonds is 5. The Kier molecular flexibility index (Phi) is 4.58. The summed E-state index contributed by atoms with van der Waals surface area (Å²) in [6, 6.07) is 0.0771. The van der Waals surface area contributed by atoms with Gasteiger partial charge in [0.25, 0.3) is 0 Å². The van der Waals surface area contributed by atoms with Gasteiger partial charge in [-0.2, -0.15) is 0 Å². The standard InChI is InChI=1S/C10H22BNO3/c1-5-10(6-12-2)8(14-4)7(13-3)9(11)15-10/h7-9,12H,5-6,11H2,1-4H3/t7-,8+,9-,10-/m0/s1. The molecule has 0 aromatic carbocycles. The molecular weight excluding hydrogens is 193 g/mol. The quantitative estimate of drug-likeness (QED) is 0.620. The molecule has 5 heteroatoms. The summed E-state index contributed by atoms with van der Waals surface area (Å²) < 4.78 is 17.0. The van der Waals surface area contributed by atoms with Crippen molar-refractivity contribution in [3.05, 3.63) is 0 Å². The number of likely N-dealkylation sites (N-methyl/N-ethyl adjacent to an activating group) is 1. The smallest absolute Gasteiger partial charge is 0.142 e. The second kappa shape index (κ2) is 5.30. The van der Waals surface area contributed by atoms with E-state index in [2.05, 4.69) is 12.2 Å². The Balaban J connectivity index is 2.87. The van der Waals surface area contributed by atoms with E-state index in [1.165, 1.54) is 0 Å². The number of nitrogens with one attached hydrogen (secondary N) is 1. The number of hydrogen-bond acceptors (Lipinski definition) is 4. The highest BCUT2D eigenvalue weighted by molar-refractivity contribution is 6.11. The average Bonchev–Trinajstić information content (AvgIpc) is 2.51. The molecule has 0 amide bonds. The van der Waals surface area contributed by atoms with Gasteiger partial charge in [-0.3, -0.25) is 0 Å². The normalized spacial score (nSPS) is 40.9. The fraction of sp³-hybridized carbons (Fsp3) is 1.00. The molecule has 1 rings (SSSR count). The molecule has 1 N–H and O–H groups in total. The summed E-state index contributed by atoms with van der Waals surface area (Å²) in [7, 11) is 7.39. The van der Waals surface area contributed by atoms with Gasteiger partial charge in [0.2, 0.25) is 0 Å². The Bertz CT molecular complexity index is 205. The molecule has 1 aliphatic rings. The largest absolute Gasteiger partial charge is 0.377 e. The minimum absolute atomic E-state index is 0.00468. The predicted molar refractivity (Wildman–Crippen MR) is 62.0 cm³/mol. The monoisotopic (exact) mass is 215 g/mol. The van der Waals surface area contributed by atoms with E-state index in [9.17, 15) is 0 Å². The van der Waals surface area contributed by atoms with Crippen LogP contribution in [-0.2, 0) is 14.2 Å². The molecule has 0 spiro atoms. The third-order valence-corrected chi connectivity index (χ3v) is 3.30. The van der Waals surface area contributed by atoms with E-state index in [0.29, 0.717) is 0 Å². The lowest BCUT2D eigenvalue weighted by Gasteiger charge is -2.33. The molecule has 0 unspecified atom stereocenters. The molecule has 1 heterocycles. The van der Waals surface area contributed by atoms with Crippen LogP contribution >= 0.6 is 0 Å². The summed E-state index contributed by atoms with van der Waals surface area (Å²) in [6.07, 6.45) is 0.926. The van der Waals surface area contributed by atoms with Crippen molar-refractivity contribution in [2.24, 2.45) is 0 Å². The van der Waals surface area contributed by atoms with Gasteiger partial charge in [-0.05, 0) is 13.5 Å². The van der Waals surface area contributed by atoms with Crippen LogP contribution in [0.25, 0.3) is 0 Å². The highest BCUT2D eigenvalue weighted by atomic mass is 16.6. The van der Waals surface area contributed by atoms with Gasteiger partial charge in [0, 0.05) is 20.8 Å². The van der Waals surface area contributed by atoms with Crippen LogP contribution in [0.15, 0.2) is 0 Å². The van der Waals surface area contributed by atoms with Crippen LogP contribution in [-0.4, -0.2) is 59.5 Å². The maximum Gasteiger partial charge on any atom is 0.142 e. The van der Waals surface area contributed by atoms with Gasteiger partial charge in [-0.25, -0.2) is 0 Å². The Labute approximate surface area is 93.1 Å². The van der Waals surface area contributed by atoms with E-state index in [1.54, 1.807) is 14.2 Å². The van der Waals surface area contributed by atoms with Crippen LogP contribution in [0.3, 0.4) is 0 Å². The summed E-state index contributed by atoms with van der Waals surface area (Å²) in [5, 5.41) is 3.17. The predicted octanol–water partition coefficient (Wildman–Crippen LogP) is -0.626. The van der Waals surface area contributed by atoms with E-state index in [-0.39, 0.29) is 23.8 Å². The molecule has 4 nitrogen and oxygen atoms in total. The topological polar surface area (TPSA) is 39.7 Å². The highest BCUT2D eigenvalue weighted by Gasteiger charge is 2.52. The van der Waals surface area contributed by atoms with Gasteiger partial charge in [-0.1, -0.05) is 6.92 Å². The fourth-order valence-electron chi connectivity index (χ4n) is 2.57. The third kappa shape index (κ3) is 2.20. The van der Waals surface area contributed by atoms with Gasteiger partial charge in [0.15, 0.2) is 0 Å². The lowest BCUT2D eigenvalue weighted by atomic mass is 9.87. The van der Waals surface area contributed by atoms with Crippen LogP contribution in [0.4, 0.5) is 0 Å². The van der Waals surface area contributed by atoms with Gasteiger partial charge in [-0.15, -0.1) is 0 Å². The van der Waals surface area contributed by atoms with Crippen molar-refractivity contribution in [1.82, 2.24) is 5.32 Å². The van der Waals surface area contributed by atoms with Crippen LogP contribution in [0.5, 0.6) is 0 Å². The second-order valence-electron chi connectivity index (χ2n) is 4.13. The Morgan fingerprint density at radius 2 is 2.07 bits per heavy atom. The van der Waals surface area contributed by atoms with Crippen LogP contribution in [0.2, 0.25) is 0 Å². The number of methoxy groups -OCH3 is 2. The minimum atomic E-state index is -0.260. The van der Waals surface area contributed by atoms with Crippen molar-refractivity contribution in [1.29, 1.82) is 0 Å². The van der Waals surface area contributed by atoms with Crippen LogP contribution < -0.4 is 5.32 Å². The number of ether oxygens (including phenoxy) is 3. The third-order valence-electron chi connectivity index (χ3n) is 3.30. The van der Waals surface area contributed by atoms with E-state index >= 15 is 0 Å². The van der Waals surface area contributed by atoms with Crippen molar-refractivity contribution in [2.45, 2.75) is 37.2 Å². The first-order chi connectivity index (χ1) is 7.15. The lowest BCUT2D eigenvalue weighted by molar-refractivity contribution is -0.0872. The fourth-order valence-corrected chi connectivity index (χ4v) is 2.57. The van der Waals surface area contributed by atoms with Gasteiger partial charge < -0.3 is 19.5 Å². The zero-order valence-corrected chi connectivity index (χ0v) is 10.4. The molecule has 0 saturated carbocycles. The van der Waals surface area contributed by atoms with Crippen molar-refractivity contribution in [3.63, 3.8) is 0 Å². The summed E-state index contributed by atoms with van der Waals surface area (Å²) >= 11 is 0. The zero-order valence-electron chi connectivity index (χ0n) is 10.4. The molecular formula is C10H22BNO3. The molecule has 0 bridgehead atoms. The highest BCUT2D eigenvalue weighted by Crippen LogP contribution is 2.35. The molecule has 0 radical (unpaired) electrons. The SMILES string of the molecule is B[C@H]1O[C@@](CC)(CNC)[C@H](OC)[C@@H]1OC. The van der Waals surface area contributed by atoms with Gasteiger partial charge >= 0.3 is 0 Å². The van der Waals surface area contributed by atoms with Crippen molar-refractivity contribution in [2.75, 3.05) is 27.8 Å². The first-order valence-corrected chi connectivity index (χ1v) is 5.53. The average molecular weight is 215 g/mol. The molecule has 0 aromatic heterocycles. The molecule has 0 aromatic rings. The van der Waals surface area contributed by atoms with Gasteiger partial charge in [0.05, 0.1) is 6.00 Å². The van der Waals surface area contributed by atoms with E-state index < -0.39 is 0 Å².